The molecule has 1 saturated carbocycles. The monoisotopic (exact) mass is 640 g/mol. The Morgan fingerprint density at radius 3 is 1.63 bits per heavy atom. The quantitative estimate of drug-likeness (QED) is 0.134. The molecule has 46 heavy (non-hydrogen) atoms. The second kappa shape index (κ2) is 13.7. The van der Waals surface area contributed by atoms with Gasteiger partial charge in [0.2, 0.25) is 0 Å². The lowest BCUT2D eigenvalue weighted by Gasteiger charge is -2.45. The summed E-state index contributed by atoms with van der Waals surface area (Å²) >= 11 is 0. The van der Waals surface area contributed by atoms with Crippen molar-refractivity contribution in [2.24, 2.45) is 0 Å². The Bertz CT molecular complexity index is 1480. The normalized spacial score (nSPS) is 28.5. The summed E-state index contributed by atoms with van der Waals surface area (Å²) in [7, 11) is 1.21. The molecule has 2 saturated heterocycles. The Hall–Kier alpha value is -5.40. The number of ether oxygens (including phenoxy) is 7. The number of aliphatic hydroxyl groups is 1. The Morgan fingerprint density at radius 1 is 0.717 bits per heavy atom. The van der Waals surface area contributed by atoms with Crippen LogP contribution < -0.4 is 0 Å². The molecule has 0 amide bonds. The highest BCUT2D eigenvalue weighted by Gasteiger charge is 2.56. The molecule has 1 unspecified atom stereocenters. The average Bonchev–Trinajstić information content (AvgIpc) is 2.99. The molecule has 14 nitrogen and oxygen atoms in total. The van der Waals surface area contributed by atoms with Crippen LogP contribution in [0.2, 0.25) is 0 Å². The zero-order chi connectivity index (χ0) is 33.5. The molecule has 4 aliphatic rings. The topological polar surface area (TPSA) is 187 Å². The summed E-state index contributed by atoms with van der Waals surface area (Å²) in [4.78, 5) is 74.3. The number of aliphatic hydroxyl groups excluding tert-OH is 1. The molecule has 1 N–H and O–H groups in total. The third-order valence-electron chi connectivity index (χ3n) is 7.28. The summed E-state index contributed by atoms with van der Waals surface area (Å²) in [6.07, 6.45) is 13.7. The highest BCUT2D eigenvalue weighted by Crippen LogP contribution is 2.45. The van der Waals surface area contributed by atoms with Gasteiger partial charge < -0.3 is 38.3 Å². The molecular formula is C32H32O14. The molecule has 0 aromatic heterocycles. The van der Waals surface area contributed by atoms with Gasteiger partial charge in [0, 0.05) is 39.0 Å². The third-order valence-corrected chi connectivity index (χ3v) is 7.28. The number of rotatable bonds is 8. The van der Waals surface area contributed by atoms with Crippen molar-refractivity contribution in [3.8, 4) is 0 Å². The standard InChI is InChI=1S/C32H32O14/c1-4-5-6-8-11-21-26(36)43-31(44-27(21)37)16-18-32(19-17-31)45-28(38)22(29(39)46-32)13-10-7-9-12-20-24(34)41-30(2,42-25(20)35)15-14-23(33)40-3/h4-13,34H,14-19H2,1-3H3/b5-4+,8-6+,10-7?,12-9?,21-11?,22-13?. The lowest BCUT2D eigenvalue weighted by Crippen LogP contribution is -2.56. The second-order valence-corrected chi connectivity index (χ2v) is 10.6. The van der Waals surface area contributed by atoms with Crippen LogP contribution in [0.3, 0.4) is 0 Å². The van der Waals surface area contributed by atoms with Crippen molar-refractivity contribution in [3.63, 3.8) is 0 Å². The summed E-state index contributed by atoms with van der Waals surface area (Å²) in [5.74, 6) is -10.5. The molecule has 0 bridgehead atoms. The largest absolute Gasteiger partial charge is 0.480 e. The number of methoxy groups -OCH3 is 1. The first-order chi connectivity index (χ1) is 21.8. The zero-order valence-electron chi connectivity index (χ0n) is 25.3. The molecule has 3 fully saturated rings. The number of allylic oxidation sites excluding steroid dienone is 9. The van der Waals surface area contributed by atoms with E-state index in [0.717, 1.165) is 6.08 Å². The van der Waals surface area contributed by atoms with Gasteiger partial charge >= 0.3 is 35.8 Å². The first-order valence-electron chi connectivity index (χ1n) is 14.2. The van der Waals surface area contributed by atoms with Gasteiger partial charge in [-0.15, -0.1) is 0 Å². The van der Waals surface area contributed by atoms with Crippen LogP contribution in [-0.4, -0.2) is 65.4 Å². The van der Waals surface area contributed by atoms with E-state index in [1.807, 2.05) is 6.92 Å². The van der Waals surface area contributed by atoms with Crippen LogP contribution in [0, 0.1) is 0 Å². The maximum absolute atomic E-state index is 12.7. The molecule has 244 valence electrons. The van der Waals surface area contributed by atoms with Crippen molar-refractivity contribution >= 4 is 35.8 Å². The number of carbonyl (C=O) groups is 6. The van der Waals surface area contributed by atoms with Gasteiger partial charge in [0.1, 0.15) is 16.7 Å². The van der Waals surface area contributed by atoms with E-state index in [1.165, 1.54) is 50.5 Å². The van der Waals surface area contributed by atoms with E-state index in [1.54, 1.807) is 18.2 Å². The fourth-order valence-corrected chi connectivity index (χ4v) is 4.78. The first-order valence-corrected chi connectivity index (χ1v) is 14.2. The summed E-state index contributed by atoms with van der Waals surface area (Å²) in [6, 6.07) is 0. The Balaban J connectivity index is 1.33. The van der Waals surface area contributed by atoms with Crippen molar-refractivity contribution in [2.75, 3.05) is 7.11 Å². The van der Waals surface area contributed by atoms with E-state index in [4.69, 9.17) is 28.4 Å². The van der Waals surface area contributed by atoms with Crippen molar-refractivity contribution < 1.29 is 67.0 Å². The van der Waals surface area contributed by atoms with E-state index in [2.05, 4.69) is 4.74 Å². The number of cyclic esters (lactones) is 1. The molecule has 1 aliphatic carbocycles. The van der Waals surface area contributed by atoms with Gasteiger partial charge in [-0.05, 0) is 25.2 Å². The maximum Gasteiger partial charge on any atom is 0.348 e. The van der Waals surface area contributed by atoms with Gasteiger partial charge in [-0.1, -0.05) is 42.5 Å². The SMILES string of the molecule is C/C=C/C=C/C=C1C(=O)OC2(CCC3(CC2)OC(=O)C(=CC=CC=CC2=C(O)OC(C)(CCC(=O)OC)OC2=O)C(=O)O3)OC1=O. The predicted molar refractivity (Wildman–Crippen MR) is 153 cm³/mol. The smallest absolute Gasteiger partial charge is 0.348 e. The molecule has 0 aromatic carbocycles. The Kier molecular flexibility index (Phi) is 9.98. The lowest BCUT2D eigenvalue weighted by molar-refractivity contribution is -0.291. The highest BCUT2D eigenvalue weighted by molar-refractivity contribution is 6.16. The van der Waals surface area contributed by atoms with E-state index >= 15 is 0 Å². The molecule has 14 heteroatoms. The minimum absolute atomic E-state index is 0.0524. The van der Waals surface area contributed by atoms with Crippen molar-refractivity contribution in [2.45, 2.75) is 69.7 Å². The van der Waals surface area contributed by atoms with Gasteiger partial charge in [-0.3, -0.25) is 4.79 Å². The molecule has 4 rings (SSSR count). The van der Waals surface area contributed by atoms with Gasteiger partial charge in [0.05, 0.1) is 13.5 Å². The van der Waals surface area contributed by atoms with E-state index in [0.29, 0.717) is 0 Å². The summed E-state index contributed by atoms with van der Waals surface area (Å²) in [5.41, 5.74) is -0.976. The zero-order valence-corrected chi connectivity index (χ0v) is 25.3. The van der Waals surface area contributed by atoms with Crippen LogP contribution in [0.1, 0.15) is 52.4 Å². The van der Waals surface area contributed by atoms with Gasteiger partial charge in [0.15, 0.2) is 0 Å². The Labute approximate surface area is 263 Å². The summed E-state index contributed by atoms with van der Waals surface area (Å²) < 4.78 is 36.9. The predicted octanol–water partition coefficient (Wildman–Crippen LogP) is 3.26. The van der Waals surface area contributed by atoms with Gasteiger partial charge in [0.25, 0.3) is 23.3 Å². The van der Waals surface area contributed by atoms with Crippen LogP contribution in [0.5, 0.6) is 0 Å². The van der Waals surface area contributed by atoms with Crippen molar-refractivity contribution in [3.05, 3.63) is 83.4 Å². The third kappa shape index (κ3) is 7.62. The average molecular weight is 641 g/mol. The number of hydrogen-bond acceptors (Lipinski definition) is 14. The van der Waals surface area contributed by atoms with Crippen LogP contribution >= 0.6 is 0 Å². The van der Waals surface area contributed by atoms with Crippen LogP contribution in [0.4, 0.5) is 0 Å². The van der Waals surface area contributed by atoms with Crippen LogP contribution in [-0.2, 0) is 61.9 Å². The number of hydrogen-bond donors (Lipinski definition) is 1. The maximum atomic E-state index is 12.7. The summed E-state index contributed by atoms with van der Waals surface area (Å²) in [6.45, 7) is 3.19. The fourth-order valence-electron chi connectivity index (χ4n) is 4.78. The fraction of sp³-hybridized carbons (Fsp3) is 0.375. The molecule has 1 atom stereocenters. The summed E-state index contributed by atoms with van der Waals surface area (Å²) in [5, 5.41) is 10.2. The minimum atomic E-state index is -1.62. The van der Waals surface area contributed by atoms with Crippen LogP contribution in [0.15, 0.2) is 83.4 Å². The molecule has 3 aliphatic heterocycles. The first kappa shape index (κ1) is 33.5. The van der Waals surface area contributed by atoms with E-state index in [9.17, 15) is 33.9 Å². The molecular weight excluding hydrogens is 608 g/mol. The van der Waals surface area contributed by atoms with Crippen molar-refractivity contribution in [1.82, 2.24) is 0 Å². The molecule has 0 aromatic rings. The number of esters is 6. The van der Waals surface area contributed by atoms with E-state index in [-0.39, 0.29) is 49.7 Å². The second-order valence-electron chi connectivity index (χ2n) is 10.6. The van der Waals surface area contributed by atoms with Gasteiger partial charge in [-0.2, -0.15) is 0 Å². The van der Waals surface area contributed by atoms with Gasteiger partial charge in [-0.25, -0.2) is 24.0 Å². The lowest BCUT2D eigenvalue weighted by atomic mass is 9.87. The molecule has 3 heterocycles. The van der Waals surface area contributed by atoms with Crippen molar-refractivity contribution in [1.29, 1.82) is 0 Å². The highest BCUT2D eigenvalue weighted by atomic mass is 16.8. The Morgan fingerprint density at radius 2 is 1.20 bits per heavy atom. The number of carbonyl (C=O) groups excluding carboxylic acids is 6. The minimum Gasteiger partial charge on any atom is -0.480 e. The molecule has 0 radical (unpaired) electrons. The van der Waals surface area contributed by atoms with Crippen LogP contribution in [0.25, 0.3) is 0 Å². The molecule has 2 spiro atoms. The van der Waals surface area contributed by atoms with E-state index < -0.39 is 64.7 Å².